The molecule has 3 heterocycles. The number of benzene rings is 2. The van der Waals surface area contributed by atoms with Gasteiger partial charge in [-0.15, -0.1) is 0 Å². The Balaban J connectivity index is 1.64. The highest BCUT2D eigenvalue weighted by Crippen LogP contribution is 2.27. The van der Waals surface area contributed by atoms with Crippen molar-refractivity contribution < 1.29 is 62.6 Å². The van der Waals surface area contributed by atoms with Crippen LogP contribution < -0.4 is 26.6 Å². The highest BCUT2D eigenvalue weighted by Gasteiger charge is 2.46. The van der Waals surface area contributed by atoms with Crippen LogP contribution in [-0.2, 0) is 70.4 Å². The number of aliphatic hydroxyl groups is 1. The molecule has 12 amide bonds. The van der Waals surface area contributed by atoms with E-state index in [1.165, 1.54) is 78.5 Å². The van der Waals surface area contributed by atoms with Gasteiger partial charge in [-0.05, 0) is 93.6 Å². The fraction of sp³-hybridized carbons (Fsp3) is 0.652. The van der Waals surface area contributed by atoms with Crippen molar-refractivity contribution in [2.45, 2.75) is 206 Å². The molecule has 3 aliphatic heterocycles. The zero-order chi connectivity index (χ0) is 70.0. The topological polar surface area (TPSA) is 308 Å². The lowest BCUT2D eigenvalue weighted by atomic mass is 9.94. The summed E-state index contributed by atoms with van der Waals surface area (Å²) in [5.74, 6) is -9.91. The largest absolute Gasteiger partial charge is 0.391 e. The van der Waals surface area contributed by atoms with Gasteiger partial charge in [0.25, 0.3) is 0 Å². The quantitative estimate of drug-likeness (QED) is 0.168. The normalized spacial score (nSPS) is 26.6. The number of nitrogens with zero attached hydrogens (tertiary/aromatic N) is 7. The molecule has 5 rings (SSSR count). The predicted molar refractivity (Wildman–Crippen MR) is 354 cm³/mol. The van der Waals surface area contributed by atoms with Gasteiger partial charge in [0, 0.05) is 67.7 Å². The summed E-state index contributed by atoms with van der Waals surface area (Å²) in [5.41, 5.74) is 1.35. The molecule has 12 atom stereocenters. The number of rotatable bonds is 13. The number of carbonyl (C=O) groups is 12. The van der Waals surface area contributed by atoms with Gasteiger partial charge in [0.05, 0.1) is 19.1 Å². The van der Waals surface area contributed by atoms with Crippen molar-refractivity contribution in [3.8, 4) is 0 Å². The Bertz CT molecular complexity index is 2960. The van der Waals surface area contributed by atoms with E-state index in [1.807, 2.05) is 53.7 Å². The fourth-order valence-corrected chi connectivity index (χ4v) is 12.6. The van der Waals surface area contributed by atoms with Crippen LogP contribution in [0.3, 0.4) is 0 Å². The molecule has 3 saturated heterocycles. The number of likely N-dealkylation sites (N-methyl/N-ethyl adjacent to an activating group) is 5. The van der Waals surface area contributed by atoms with Crippen LogP contribution in [-0.4, -0.2) is 238 Å². The minimum absolute atomic E-state index is 0.0231. The number of piperidine rings is 1. The Morgan fingerprint density at radius 1 is 0.532 bits per heavy atom. The van der Waals surface area contributed by atoms with Crippen LogP contribution in [0.5, 0.6) is 0 Å². The lowest BCUT2D eigenvalue weighted by molar-refractivity contribution is -0.154. The molecule has 2 aromatic carbocycles. The van der Waals surface area contributed by atoms with Crippen LogP contribution in [0, 0.1) is 23.7 Å². The molecule has 520 valence electrons. The summed E-state index contributed by atoms with van der Waals surface area (Å²) in [6.45, 7) is 17.4. The minimum Gasteiger partial charge on any atom is -0.391 e. The van der Waals surface area contributed by atoms with Gasteiger partial charge in [-0.2, -0.15) is 0 Å². The Morgan fingerprint density at radius 2 is 1.06 bits per heavy atom. The molecule has 0 aromatic heterocycles. The monoisotopic (exact) mass is 1310 g/mol. The van der Waals surface area contributed by atoms with E-state index in [-0.39, 0.29) is 50.5 Å². The summed E-state index contributed by atoms with van der Waals surface area (Å²) in [4.78, 5) is 186. The van der Waals surface area contributed by atoms with Crippen LogP contribution >= 0.6 is 0 Å². The average Bonchev–Trinajstić information content (AvgIpc) is 1.36. The van der Waals surface area contributed by atoms with Crippen molar-refractivity contribution in [2.75, 3.05) is 61.4 Å². The SMILES string of the molecule is CC[C@H](C)[C@H]1C(=O)N2CCC[C@H]2C(=O)N(C)CC(=O)N[C@@H]([C@@H](C)O)C(=O)N[C@H](C(=O)N2CCCCC2)CC(=O)N[C@@H](C)C(=O)N[C@@H](C(C)C)C(=O)N(C)[C@@H](CC(C)C)C(=O)N(C)[C@@H](CC(C)C)C(=O)N(C)[C@@H](Cc2ccccc2)C(=O)N[C@@H](Cc2ccccc2)C(=O)N1C. The molecule has 3 fully saturated rings. The molecule has 0 unspecified atom stereocenters. The molecule has 94 heavy (non-hydrogen) atoms. The maximum absolute atomic E-state index is 15.5. The van der Waals surface area contributed by atoms with Crippen LogP contribution in [0.15, 0.2) is 60.7 Å². The molecule has 0 aliphatic carbocycles. The van der Waals surface area contributed by atoms with Crippen molar-refractivity contribution in [1.82, 2.24) is 60.9 Å². The first-order valence-electron chi connectivity index (χ1n) is 33.5. The lowest BCUT2D eigenvalue weighted by Crippen LogP contribution is -2.62. The van der Waals surface area contributed by atoms with Gasteiger partial charge in [-0.3, -0.25) is 57.5 Å². The van der Waals surface area contributed by atoms with E-state index in [4.69, 9.17) is 0 Å². The molecular formula is C69H106N12O13. The number of carbonyl (C=O) groups excluding carboxylic acids is 12. The molecular weight excluding hydrogens is 1200 g/mol. The third-order valence-corrected chi connectivity index (χ3v) is 18.4. The number of likely N-dealkylation sites (tertiary alicyclic amines) is 1. The molecule has 2 aromatic rings. The third-order valence-electron chi connectivity index (χ3n) is 18.4. The average molecular weight is 1310 g/mol. The zero-order valence-electron chi connectivity index (χ0n) is 58.0. The third kappa shape index (κ3) is 20.5. The van der Waals surface area contributed by atoms with Gasteiger partial charge in [-0.1, -0.05) is 122 Å². The fourth-order valence-electron chi connectivity index (χ4n) is 12.6. The predicted octanol–water partition coefficient (Wildman–Crippen LogP) is 2.26. The molecule has 0 radical (unpaired) electrons. The molecule has 25 nitrogen and oxygen atoms in total. The molecule has 0 spiro atoms. The molecule has 25 heteroatoms. The number of amides is 12. The zero-order valence-corrected chi connectivity index (χ0v) is 58.0. The highest BCUT2D eigenvalue weighted by atomic mass is 16.3. The van der Waals surface area contributed by atoms with E-state index >= 15 is 24.0 Å². The van der Waals surface area contributed by atoms with Crippen molar-refractivity contribution in [3.63, 3.8) is 0 Å². The summed E-state index contributed by atoms with van der Waals surface area (Å²) < 4.78 is 0. The number of aliphatic hydroxyl groups excluding tert-OH is 1. The highest BCUT2D eigenvalue weighted by molar-refractivity contribution is 6.00. The van der Waals surface area contributed by atoms with Gasteiger partial charge in [0.1, 0.15) is 60.4 Å². The van der Waals surface area contributed by atoms with E-state index in [2.05, 4.69) is 26.6 Å². The number of nitrogens with one attached hydrogen (secondary N) is 5. The van der Waals surface area contributed by atoms with Crippen molar-refractivity contribution in [2.24, 2.45) is 23.7 Å². The smallest absolute Gasteiger partial charge is 0.246 e. The lowest BCUT2D eigenvalue weighted by Gasteiger charge is -2.40. The van der Waals surface area contributed by atoms with E-state index in [0.717, 1.165) is 11.3 Å². The first-order chi connectivity index (χ1) is 44.3. The maximum Gasteiger partial charge on any atom is 0.246 e. The summed E-state index contributed by atoms with van der Waals surface area (Å²) in [7, 11) is 7.24. The van der Waals surface area contributed by atoms with Crippen molar-refractivity contribution >= 4 is 70.9 Å². The molecule has 3 aliphatic rings. The first kappa shape index (κ1) is 76.7. The van der Waals surface area contributed by atoms with Gasteiger partial charge >= 0.3 is 0 Å². The van der Waals surface area contributed by atoms with Crippen LogP contribution in [0.1, 0.15) is 138 Å². The summed E-state index contributed by atoms with van der Waals surface area (Å²) in [6, 6.07) is 4.96. The number of hydrogen-bond donors (Lipinski definition) is 6. The maximum atomic E-state index is 15.5. The van der Waals surface area contributed by atoms with E-state index < -0.39 is 162 Å². The Labute approximate surface area is 555 Å². The molecule has 0 saturated carbocycles. The Kier molecular flexibility index (Phi) is 29.0. The second-order valence-corrected chi connectivity index (χ2v) is 27.2. The van der Waals surface area contributed by atoms with Crippen LogP contribution in [0.4, 0.5) is 0 Å². The van der Waals surface area contributed by atoms with E-state index in [0.29, 0.717) is 49.9 Å². The second-order valence-electron chi connectivity index (χ2n) is 27.2. The number of fused-ring (bicyclic) bond motifs is 1. The van der Waals surface area contributed by atoms with Gasteiger partial charge < -0.3 is 66.0 Å². The second kappa shape index (κ2) is 35.5. The first-order valence-corrected chi connectivity index (χ1v) is 33.5. The van der Waals surface area contributed by atoms with Gasteiger partial charge in [0.2, 0.25) is 70.9 Å². The molecule has 0 bridgehead atoms. The standard InChI is InChI=1S/C69H106N12O13/c1-16-44(8)59-69(94)81-34-26-31-51(81)65(90)75(11)40-56(84)73-58(46(10)82)62(87)72-50(64(89)80-32-24-19-25-33-80)39-55(83)70-45(9)60(85)74-57(43(6)7)68(93)78(14)54(36-42(4)5)67(92)77(13)53(35-41(2)3)66(91)76(12)52(38-48-29-22-18-23-30-48)61(86)71-49(63(88)79(59)15)37-47-27-20-17-21-28-47/h17-18,20-23,27-30,41-46,49-54,57-59,82H,16,19,24-26,31-40H2,1-15H3,(H,70,83)(H,71,86)(H,72,87)(H,73,84)(H,74,85)/t44-,45-,46+,49-,50-,51-,52-,53-,54-,57-,58-,59-/m0/s1. The van der Waals surface area contributed by atoms with Crippen LogP contribution in [0.25, 0.3) is 0 Å². The minimum atomic E-state index is -1.70. The number of hydrogen-bond acceptors (Lipinski definition) is 13. The Morgan fingerprint density at radius 3 is 1.59 bits per heavy atom. The van der Waals surface area contributed by atoms with E-state index in [9.17, 15) is 38.7 Å². The van der Waals surface area contributed by atoms with Crippen molar-refractivity contribution in [1.29, 1.82) is 0 Å². The summed E-state index contributed by atoms with van der Waals surface area (Å²) in [5, 5.41) is 24.4. The van der Waals surface area contributed by atoms with Gasteiger partial charge in [0.15, 0.2) is 0 Å². The summed E-state index contributed by atoms with van der Waals surface area (Å²) >= 11 is 0. The van der Waals surface area contributed by atoms with E-state index in [1.54, 1.807) is 62.4 Å². The Hall–Kier alpha value is -7.96. The van der Waals surface area contributed by atoms with Crippen molar-refractivity contribution in [3.05, 3.63) is 71.8 Å². The van der Waals surface area contributed by atoms with Crippen LogP contribution in [0.2, 0.25) is 0 Å². The molecule has 6 N–H and O–H groups in total. The summed E-state index contributed by atoms with van der Waals surface area (Å²) in [6.07, 6.45) is 1.15. The van der Waals surface area contributed by atoms with Gasteiger partial charge in [-0.25, -0.2) is 0 Å².